The van der Waals surface area contributed by atoms with E-state index in [9.17, 15) is 9.90 Å². The molecule has 0 bridgehead atoms. The summed E-state index contributed by atoms with van der Waals surface area (Å²) in [4.78, 5) is 19.8. The summed E-state index contributed by atoms with van der Waals surface area (Å²) in [5.41, 5.74) is 0.896. The van der Waals surface area contributed by atoms with Crippen LogP contribution in [0.2, 0.25) is 0 Å². The van der Waals surface area contributed by atoms with Crippen molar-refractivity contribution < 1.29 is 9.90 Å². The number of carbonyl (C=O) groups is 1. The average molecular weight is 271 g/mol. The second kappa shape index (κ2) is 6.14. The second-order valence-electron chi connectivity index (χ2n) is 4.84. The van der Waals surface area contributed by atoms with Gasteiger partial charge in [0.25, 0.3) is 0 Å². The molecule has 0 unspecified atom stereocenters. The second-order valence-corrected chi connectivity index (χ2v) is 4.84. The smallest absolute Gasteiger partial charge is 0.326 e. The van der Waals surface area contributed by atoms with Crippen molar-refractivity contribution >= 4 is 11.8 Å². The van der Waals surface area contributed by atoms with Crippen LogP contribution in [-0.4, -0.2) is 27.1 Å². The maximum atomic E-state index is 11.2. The fourth-order valence-corrected chi connectivity index (χ4v) is 1.84. The zero-order valence-corrected chi connectivity index (χ0v) is 11.4. The summed E-state index contributed by atoms with van der Waals surface area (Å²) in [6.07, 6.45) is 1.62. The molecule has 0 aliphatic heterocycles. The number of carboxylic acid groups (broad SMARTS) is 1. The summed E-state index contributed by atoms with van der Waals surface area (Å²) in [5, 5.41) is 12.1. The van der Waals surface area contributed by atoms with E-state index < -0.39 is 12.0 Å². The van der Waals surface area contributed by atoms with Crippen LogP contribution in [0, 0.1) is 5.92 Å². The molecule has 2 rings (SSSR count). The van der Waals surface area contributed by atoms with Gasteiger partial charge < -0.3 is 10.4 Å². The van der Waals surface area contributed by atoms with Crippen molar-refractivity contribution in [3.05, 3.63) is 42.6 Å². The Morgan fingerprint density at radius 2 is 1.90 bits per heavy atom. The van der Waals surface area contributed by atoms with Crippen LogP contribution in [0.25, 0.3) is 11.4 Å². The van der Waals surface area contributed by atoms with Crippen LogP contribution in [0.5, 0.6) is 0 Å². The minimum atomic E-state index is -0.889. The number of nitrogens with one attached hydrogen (secondary N) is 1. The summed E-state index contributed by atoms with van der Waals surface area (Å²) in [6.45, 7) is 3.70. The van der Waals surface area contributed by atoms with E-state index in [1.807, 2.05) is 44.2 Å². The SMILES string of the molecule is CC(C)[C@H](Nc1ccnc(-c2ccccc2)n1)C(=O)O. The van der Waals surface area contributed by atoms with E-state index in [0.29, 0.717) is 11.6 Å². The fraction of sp³-hybridized carbons (Fsp3) is 0.267. The summed E-state index contributed by atoms with van der Waals surface area (Å²) in [5.74, 6) is 0.158. The van der Waals surface area contributed by atoms with E-state index in [1.165, 1.54) is 0 Å². The highest BCUT2D eigenvalue weighted by Crippen LogP contribution is 2.17. The maximum Gasteiger partial charge on any atom is 0.326 e. The normalized spacial score (nSPS) is 12.2. The van der Waals surface area contributed by atoms with E-state index in [4.69, 9.17) is 0 Å². The zero-order chi connectivity index (χ0) is 14.5. The highest BCUT2D eigenvalue weighted by atomic mass is 16.4. The molecule has 0 amide bonds. The Labute approximate surface area is 117 Å². The van der Waals surface area contributed by atoms with Crippen molar-refractivity contribution in [2.24, 2.45) is 5.92 Å². The monoisotopic (exact) mass is 271 g/mol. The molecule has 0 aliphatic rings. The molecular weight excluding hydrogens is 254 g/mol. The third kappa shape index (κ3) is 3.32. The first-order valence-electron chi connectivity index (χ1n) is 6.45. The first-order chi connectivity index (χ1) is 9.58. The summed E-state index contributed by atoms with van der Waals surface area (Å²) < 4.78 is 0. The third-order valence-electron chi connectivity index (χ3n) is 2.92. The lowest BCUT2D eigenvalue weighted by atomic mass is 10.1. The van der Waals surface area contributed by atoms with Gasteiger partial charge in [-0.15, -0.1) is 0 Å². The predicted octanol–water partition coefficient (Wildman–Crippen LogP) is 2.66. The summed E-state index contributed by atoms with van der Waals surface area (Å²) in [6, 6.07) is 10.6. The van der Waals surface area contributed by atoms with Crippen molar-refractivity contribution in [1.29, 1.82) is 0 Å². The van der Waals surface area contributed by atoms with E-state index >= 15 is 0 Å². The van der Waals surface area contributed by atoms with Crippen molar-refractivity contribution in [2.45, 2.75) is 19.9 Å². The van der Waals surface area contributed by atoms with Gasteiger partial charge in [0.2, 0.25) is 0 Å². The van der Waals surface area contributed by atoms with Crippen molar-refractivity contribution in [3.8, 4) is 11.4 Å². The number of aliphatic carboxylic acids is 1. The van der Waals surface area contributed by atoms with Gasteiger partial charge in [-0.25, -0.2) is 14.8 Å². The quantitative estimate of drug-likeness (QED) is 0.874. The van der Waals surface area contributed by atoms with Gasteiger partial charge in [0.05, 0.1) is 0 Å². The molecule has 5 heteroatoms. The molecule has 1 heterocycles. The molecule has 2 aromatic rings. The lowest BCUT2D eigenvalue weighted by Crippen LogP contribution is -2.34. The molecule has 1 atom stereocenters. The largest absolute Gasteiger partial charge is 0.480 e. The molecule has 1 aromatic heterocycles. The highest BCUT2D eigenvalue weighted by Gasteiger charge is 2.21. The Hall–Kier alpha value is -2.43. The number of anilines is 1. The zero-order valence-electron chi connectivity index (χ0n) is 11.4. The van der Waals surface area contributed by atoms with Gasteiger partial charge in [-0.2, -0.15) is 0 Å². The van der Waals surface area contributed by atoms with Gasteiger partial charge in [0.1, 0.15) is 11.9 Å². The number of carboxylic acids is 1. The predicted molar refractivity (Wildman–Crippen MR) is 77.4 cm³/mol. The number of benzene rings is 1. The van der Waals surface area contributed by atoms with Gasteiger partial charge in [0.15, 0.2) is 5.82 Å². The van der Waals surface area contributed by atoms with Gasteiger partial charge in [-0.1, -0.05) is 44.2 Å². The van der Waals surface area contributed by atoms with Gasteiger partial charge >= 0.3 is 5.97 Å². The highest BCUT2D eigenvalue weighted by molar-refractivity contribution is 5.77. The fourth-order valence-electron chi connectivity index (χ4n) is 1.84. The molecule has 2 N–H and O–H groups in total. The average Bonchev–Trinajstić information content (AvgIpc) is 2.45. The molecule has 20 heavy (non-hydrogen) atoms. The van der Waals surface area contributed by atoms with E-state index in [-0.39, 0.29) is 5.92 Å². The standard InChI is InChI=1S/C15H17N3O2/c1-10(2)13(15(19)20)17-12-8-9-16-14(18-12)11-6-4-3-5-7-11/h3-10,13H,1-2H3,(H,19,20)(H,16,17,18)/t13-/m0/s1. The van der Waals surface area contributed by atoms with Crippen molar-refractivity contribution in [3.63, 3.8) is 0 Å². The first kappa shape index (κ1) is 14.0. The van der Waals surface area contributed by atoms with E-state index in [1.54, 1.807) is 12.3 Å². The van der Waals surface area contributed by atoms with Gasteiger partial charge in [-0.05, 0) is 12.0 Å². The lowest BCUT2D eigenvalue weighted by molar-refractivity contribution is -0.138. The molecule has 0 spiro atoms. The van der Waals surface area contributed by atoms with Crippen LogP contribution in [0.4, 0.5) is 5.82 Å². The van der Waals surface area contributed by atoms with Crippen LogP contribution in [0.3, 0.4) is 0 Å². The van der Waals surface area contributed by atoms with Crippen molar-refractivity contribution in [2.75, 3.05) is 5.32 Å². The van der Waals surface area contributed by atoms with Crippen LogP contribution in [0.15, 0.2) is 42.6 Å². The molecule has 1 aromatic carbocycles. The molecule has 0 aliphatic carbocycles. The molecular formula is C15H17N3O2. The number of hydrogen-bond acceptors (Lipinski definition) is 4. The van der Waals surface area contributed by atoms with Crippen LogP contribution in [0.1, 0.15) is 13.8 Å². The summed E-state index contributed by atoms with van der Waals surface area (Å²) in [7, 11) is 0. The minimum absolute atomic E-state index is 0.0392. The Morgan fingerprint density at radius 1 is 1.20 bits per heavy atom. The molecule has 104 valence electrons. The molecule has 5 nitrogen and oxygen atoms in total. The van der Waals surface area contributed by atoms with Crippen LogP contribution >= 0.6 is 0 Å². The summed E-state index contributed by atoms with van der Waals surface area (Å²) >= 11 is 0. The van der Waals surface area contributed by atoms with Gasteiger partial charge in [-0.3, -0.25) is 0 Å². The number of rotatable bonds is 5. The van der Waals surface area contributed by atoms with E-state index in [2.05, 4.69) is 15.3 Å². The molecule has 0 saturated heterocycles. The van der Waals surface area contributed by atoms with Crippen LogP contribution < -0.4 is 5.32 Å². The number of hydrogen-bond donors (Lipinski definition) is 2. The maximum absolute atomic E-state index is 11.2. The molecule has 0 fully saturated rings. The Bertz CT molecular complexity index is 585. The lowest BCUT2D eigenvalue weighted by Gasteiger charge is -2.18. The van der Waals surface area contributed by atoms with Crippen LogP contribution in [-0.2, 0) is 4.79 Å². The molecule has 0 radical (unpaired) electrons. The minimum Gasteiger partial charge on any atom is -0.480 e. The Morgan fingerprint density at radius 3 is 2.50 bits per heavy atom. The first-order valence-corrected chi connectivity index (χ1v) is 6.45. The van der Waals surface area contributed by atoms with Crippen molar-refractivity contribution in [1.82, 2.24) is 9.97 Å². The number of aromatic nitrogens is 2. The Kier molecular flexibility index (Phi) is 4.30. The Balaban J connectivity index is 2.24. The third-order valence-corrected chi connectivity index (χ3v) is 2.92. The topological polar surface area (TPSA) is 75.1 Å². The molecule has 0 saturated carbocycles. The van der Waals surface area contributed by atoms with E-state index in [0.717, 1.165) is 5.56 Å². The van der Waals surface area contributed by atoms with Gasteiger partial charge in [0, 0.05) is 11.8 Å². The number of nitrogens with zero attached hydrogens (tertiary/aromatic N) is 2.